The summed E-state index contributed by atoms with van der Waals surface area (Å²) < 4.78 is 0. The van der Waals surface area contributed by atoms with Gasteiger partial charge < -0.3 is 32.1 Å². The van der Waals surface area contributed by atoms with Crippen LogP contribution in [0.15, 0.2) is 10.2 Å². The highest BCUT2D eigenvalue weighted by molar-refractivity contribution is 8.15. The highest BCUT2D eigenvalue weighted by Gasteiger charge is 2.11. The number of thioether (sulfide) groups is 4. The summed E-state index contributed by atoms with van der Waals surface area (Å²) in [6, 6.07) is 0. The lowest BCUT2D eigenvalue weighted by Crippen LogP contribution is -2.41. The molecule has 0 aliphatic rings. The molecule has 0 rings (SSSR count). The average Bonchev–Trinajstić information content (AvgIpc) is 2.74. The first-order valence-corrected chi connectivity index (χ1v) is 14.4. The lowest BCUT2D eigenvalue weighted by Gasteiger charge is -2.24. The van der Waals surface area contributed by atoms with Crippen LogP contribution in [0.2, 0.25) is 0 Å². The zero-order valence-corrected chi connectivity index (χ0v) is 22.7. The topological polar surface area (TPSA) is 142 Å². The molecule has 0 amide bonds. The predicted octanol–water partition coefficient (Wildman–Crippen LogP) is -0.104. The van der Waals surface area contributed by atoms with Crippen LogP contribution in [0.4, 0.5) is 0 Å². The van der Waals surface area contributed by atoms with Crippen LogP contribution >= 0.6 is 47.0 Å². The Labute approximate surface area is 205 Å². The van der Waals surface area contributed by atoms with Crippen molar-refractivity contribution in [3.05, 3.63) is 0 Å². The van der Waals surface area contributed by atoms with E-state index in [0.29, 0.717) is 18.4 Å². The van der Waals surface area contributed by atoms with E-state index in [2.05, 4.69) is 20.0 Å². The maximum Gasteiger partial charge on any atom is 0.196 e. The Morgan fingerprint density at radius 2 is 1.13 bits per heavy atom. The van der Waals surface area contributed by atoms with Gasteiger partial charge in [0.1, 0.15) is 0 Å². The van der Waals surface area contributed by atoms with Crippen LogP contribution in [0.25, 0.3) is 0 Å². The number of likely N-dealkylation sites (N-methyl/N-ethyl adjacent to an activating group) is 2. The van der Waals surface area contributed by atoms with E-state index in [1.165, 1.54) is 0 Å². The molecule has 0 bridgehead atoms. The minimum Gasteiger partial charge on any atom is -0.336 e. The molecule has 0 saturated carbocycles. The number of rotatable bonds is 16. The number of nitrogens with two attached hydrogens (primary N) is 4. The molecule has 31 heavy (non-hydrogen) atoms. The number of nitrogens with zero attached hydrogens (tertiary/aromatic N) is 6. The fourth-order valence-corrected chi connectivity index (χ4v) is 6.18. The Hall–Kier alpha value is -0.220. The van der Waals surface area contributed by atoms with Gasteiger partial charge in [0.05, 0.1) is 6.67 Å². The Balaban J connectivity index is 3.80. The molecule has 0 aliphatic carbocycles. The summed E-state index contributed by atoms with van der Waals surface area (Å²) >= 11 is 7.16. The largest absolute Gasteiger partial charge is 0.336 e. The number of hydrogen-bond acceptors (Lipinski definition) is 12. The molecule has 0 radical (unpaired) electrons. The number of hydrazine groups is 1. The first-order chi connectivity index (χ1) is 14.8. The quantitative estimate of drug-likeness (QED) is 0.0545. The molecule has 10 nitrogen and oxygen atoms in total. The summed E-state index contributed by atoms with van der Waals surface area (Å²) in [5, 5.41) is 10.8. The molecule has 0 saturated heterocycles. The van der Waals surface area contributed by atoms with E-state index in [0.717, 1.165) is 59.3 Å². The molecular formula is C17H42N10S4. The molecule has 0 aromatic heterocycles. The zero-order chi connectivity index (χ0) is 23.5. The summed E-state index contributed by atoms with van der Waals surface area (Å²) in [6.07, 6.45) is 0. The van der Waals surface area contributed by atoms with Gasteiger partial charge in [-0.1, -0.05) is 23.5 Å². The molecule has 0 unspecified atom stereocenters. The number of hydrazone groups is 2. The van der Waals surface area contributed by atoms with Crippen molar-refractivity contribution < 1.29 is 0 Å². The molecule has 184 valence electrons. The fourth-order valence-electron chi connectivity index (χ4n) is 2.10. The van der Waals surface area contributed by atoms with Crippen molar-refractivity contribution in [3.8, 4) is 0 Å². The van der Waals surface area contributed by atoms with Crippen molar-refractivity contribution in [1.29, 1.82) is 0 Å². The van der Waals surface area contributed by atoms with Gasteiger partial charge in [0, 0.05) is 60.7 Å². The first kappa shape index (κ1) is 30.8. The lowest BCUT2D eigenvalue weighted by molar-refractivity contribution is 0.336. The van der Waals surface area contributed by atoms with Crippen molar-refractivity contribution in [2.75, 3.05) is 95.6 Å². The van der Waals surface area contributed by atoms with E-state index in [1.807, 2.05) is 56.6 Å². The molecule has 0 atom stereocenters. The summed E-state index contributed by atoms with van der Waals surface area (Å²) in [7, 11) is 8.11. The fraction of sp³-hybridized carbons (Fsp3) is 0.882. The lowest BCUT2D eigenvalue weighted by atomic mass is 10.5. The summed E-state index contributed by atoms with van der Waals surface area (Å²) in [6.45, 7) is 3.72. The molecule has 0 aliphatic heterocycles. The van der Waals surface area contributed by atoms with Gasteiger partial charge >= 0.3 is 0 Å². The van der Waals surface area contributed by atoms with Gasteiger partial charge in [-0.05, 0) is 28.2 Å². The SMILES string of the molecule is CN(C)CCN(N)/C(=N\N)SCCSCCSCCS/C(=N/N)N(CN)CCN(C)C. The molecular weight excluding hydrogens is 473 g/mol. The third-order valence-electron chi connectivity index (χ3n) is 3.85. The monoisotopic (exact) mass is 514 g/mol. The van der Waals surface area contributed by atoms with Gasteiger partial charge in [-0.3, -0.25) is 5.01 Å². The maximum atomic E-state index is 6.01. The molecule has 0 heterocycles. The molecule has 0 spiro atoms. The van der Waals surface area contributed by atoms with Crippen LogP contribution in [0.5, 0.6) is 0 Å². The highest BCUT2D eigenvalue weighted by Crippen LogP contribution is 2.15. The summed E-state index contributed by atoms with van der Waals surface area (Å²) in [5.41, 5.74) is 5.84. The molecule has 0 aromatic rings. The van der Waals surface area contributed by atoms with Gasteiger partial charge in [0.25, 0.3) is 0 Å². The predicted molar refractivity (Wildman–Crippen MR) is 147 cm³/mol. The third-order valence-corrected chi connectivity index (χ3v) is 8.64. The first-order valence-electron chi connectivity index (χ1n) is 10.1. The minimum atomic E-state index is 0.423. The Bertz CT molecular complexity index is 494. The standard InChI is InChI=1S/C17H42N10S4/c1-24(2)5-7-26(15-18)16(22-19)30-13-11-28-9-10-29-12-14-31-17(23-20)27(21)8-6-25(3)4/h5-15,18-21H2,1-4H3/b22-16+,23-17+. The van der Waals surface area contributed by atoms with E-state index < -0.39 is 0 Å². The molecule has 8 N–H and O–H groups in total. The summed E-state index contributed by atoms with van der Waals surface area (Å²) in [5.74, 6) is 23.3. The van der Waals surface area contributed by atoms with Crippen LogP contribution in [0, 0.1) is 0 Å². The van der Waals surface area contributed by atoms with Crippen molar-refractivity contribution in [2.45, 2.75) is 0 Å². The van der Waals surface area contributed by atoms with Crippen molar-refractivity contribution >= 4 is 57.4 Å². The van der Waals surface area contributed by atoms with E-state index in [4.69, 9.17) is 23.3 Å². The Kier molecular flexibility index (Phi) is 20.2. The zero-order valence-electron chi connectivity index (χ0n) is 19.4. The molecule has 14 heteroatoms. The second-order valence-corrected chi connectivity index (χ2v) is 11.6. The van der Waals surface area contributed by atoms with E-state index in [9.17, 15) is 0 Å². The van der Waals surface area contributed by atoms with Crippen molar-refractivity contribution in [3.63, 3.8) is 0 Å². The number of hydrogen-bond donors (Lipinski definition) is 4. The smallest absolute Gasteiger partial charge is 0.196 e. The third kappa shape index (κ3) is 17.0. The Morgan fingerprint density at radius 1 is 0.677 bits per heavy atom. The van der Waals surface area contributed by atoms with Gasteiger partial charge in [-0.25, -0.2) is 5.84 Å². The normalized spacial score (nSPS) is 12.8. The van der Waals surface area contributed by atoms with Crippen LogP contribution < -0.4 is 23.3 Å². The number of amidine groups is 2. The van der Waals surface area contributed by atoms with Crippen LogP contribution in [-0.2, 0) is 0 Å². The van der Waals surface area contributed by atoms with Crippen LogP contribution in [0.3, 0.4) is 0 Å². The van der Waals surface area contributed by atoms with E-state index >= 15 is 0 Å². The van der Waals surface area contributed by atoms with Crippen molar-refractivity contribution in [2.24, 2.45) is 33.5 Å². The van der Waals surface area contributed by atoms with Crippen molar-refractivity contribution in [1.82, 2.24) is 19.7 Å². The highest BCUT2D eigenvalue weighted by atomic mass is 32.2. The molecule has 0 fully saturated rings. The van der Waals surface area contributed by atoms with Gasteiger partial charge in [-0.2, -0.15) is 33.7 Å². The van der Waals surface area contributed by atoms with Gasteiger partial charge in [-0.15, -0.1) is 0 Å². The summed E-state index contributed by atoms with van der Waals surface area (Å²) in [4.78, 5) is 6.22. The minimum absolute atomic E-state index is 0.423. The van der Waals surface area contributed by atoms with E-state index in [1.54, 1.807) is 28.5 Å². The second kappa shape index (κ2) is 20.4. The van der Waals surface area contributed by atoms with Crippen LogP contribution in [0.1, 0.15) is 0 Å². The van der Waals surface area contributed by atoms with Crippen LogP contribution in [-0.4, -0.2) is 126 Å². The average molecular weight is 515 g/mol. The van der Waals surface area contributed by atoms with Gasteiger partial charge in [0.15, 0.2) is 10.3 Å². The van der Waals surface area contributed by atoms with Gasteiger partial charge in [0.2, 0.25) is 0 Å². The maximum absolute atomic E-state index is 6.01. The Morgan fingerprint density at radius 3 is 1.58 bits per heavy atom. The molecule has 0 aromatic carbocycles. The second-order valence-electron chi connectivity index (χ2n) is 6.99. The van der Waals surface area contributed by atoms with E-state index in [-0.39, 0.29) is 0 Å².